The molecule has 0 aromatic rings. The van der Waals surface area contributed by atoms with Gasteiger partial charge in [0.15, 0.2) is 5.78 Å². The van der Waals surface area contributed by atoms with E-state index in [2.05, 4.69) is 30.9 Å². The lowest BCUT2D eigenvalue weighted by atomic mass is 9.58. The second kappa shape index (κ2) is 5.46. The van der Waals surface area contributed by atoms with Crippen LogP contribution in [0.3, 0.4) is 0 Å². The minimum absolute atomic E-state index is 0.183. The topological polar surface area (TPSA) is 37.3 Å². The zero-order valence-corrected chi connectivity index (χ0v) is 14.7. The number of aliphatic hydroxyl groups is 1. The summed E-state index contributed by atoms with van der Waals surface area (Å²) in [6.07, 6.45) is 12.6. The normalized spacial score (nSPS) is 40.3. The first-order valence-electron chi connectivity index (χ1n) is 9.26. The van der Waals surface area contributed by atoms with Crippen molar-refractivity contribution < 1.29 is 9.90 Å². The molecule has 0 spiro atoms. The van der Waals surface area contributed by atoms with Crippen LogP contribution in [-0.2, 0) is 4.79 Å². The SMILES string of the molecule is CC#CC[C@]1(O)CC[C@H]2[C@@H]3CCC4=CC(=O)CCC4=C3C=C[C@@]21C. The molecule has 2 heteroatoms. The summed E-state index contributed by atoms with van der Waals surface area (Å²) in [4.78, 5) is 11.7. The Labute approximate surface area is 144 Å². The van der Waals surface area contributed by atoms with Gasteiger partial charge in [-0.2, -0.15) is 0 Å². The van der Waals surface area contributed by atoms with E-state index in [1.54, 1.807) is 0 Å². The van der Waals surface area contributed by atoms with E-state index in [4.69, 9.17) is 0 Å². The number of allylic oxidation sites excluding steroid dienone is 5. The van der Waals surface area contributed by atoms with Gasteiger partial charge >= 0.3 is 0 Å². The van der Waals surface area contributed by atoms with Crippen LogP contribution in [0.1, 0.15) is 58.8 Å². The zero-order valence-electron chi connectivity index (χ0n) is 14.7. The van der Waals surface area contributed by atoms with Crippen molar-refractivity contribution in [2.75, 3.05) is 0 Å². The Bertz CT molecular complexity index is 742. The van der Waals surface area contributed by atoms with Crippen LogP contribution in [0.2, 0.25) is 0 Å². The highest BCUT2D eigenvalue weighted by atomic mass is 16.3. The van der Waals surface area contributed by atoms with Crippen LogP contribution in [0.25, 0.3) is 0 Å². The number of hydrogen-bond acceptors (Lipinski definition) is 2. The molecule has 1 saturated carbocycles. The highest BCUT2D eigenvalue weighted by molar-refractivity contribution is 5.93. The van der Waals surface area contributed by atoms with Crippen molar-refractivity contribution in [1.29, 1.82) is 0 Å². The van der Waals surface area contributed by atoms with Crippen molar-refractivity contribution >= 4 is 5.78 Å². The minimum Gasteiger partial charge on any atom is -0.388 e. The molecule has 0 aromatic carbocycles. The van der Waals surface area contributed by atoms with Gasteiger partial charge in [-0.25, -0.2) is 0 Å². The molecule has 4 atom stereocenters. The number of rotatable bonds is 1. The highest BCUT2D eigenvalue weighted by Crippen LogP contribution is 2.61. The Hall–Kier alpha value is -1.59. The summed E-state index contributed by atoms with van der Waals surface area (Å²) in [5.74, 6) is 7.37. The van der Waals surface area contributed by atoms with Crippen LogP contribution in [0, 0.1) is 29.1 Å². The maximum atomic E-state index is 11.7. The van der Waals surface area contributed by atoms with Crippen molar-refractivity contribution in [3.05, 3.63) is 34.9 Å². The van der Waals surface area contributed by atoms with Crippen molar-refractivity contribution in [2.45, 2.75) is 64.4 Å². The van der Waals surface area contributed by atoms with Gasteiger partial charge in [0.1, 0.15) is 0 Å². The quantitative estimate of drug-likeness (QED) is 0.738. The van der Waals surface area contributed by atoms with Crippen LogP contribution >= 0.6 is 0 Å². The van der Waals surface area contributed by atoms with E-state index in [1.165, 1.54) is 16.7 Å². The summed E-state index contributed by atoms with van der Waals surface area (Å²) in [5.41, 5.74) is 3.26. The molecule has 0 heterocycles. The molecule has 1 N–H and O–H groups in total. The summed E-state index contributed by atoms with van der Waals surface area (Å²) >= 11 is 0. The van der Waals surface area contributed by atoms with Crippen molar-refractivity contribution in [3.8, 4) is 11.8 Å². The Morgan fingerprint density at radius 3 is 2.92 bits per heavy atom. The van der Waals surface area contributed by atoms with Gasteiger partial charge in [-0.1, -0.05) is 19.1 Å². The number of ketones is 1. The van der Waals surface area contributed by atoms with Gasteiger partial charge < -0.3 is 5.11 Å². The lowest BCUT2D eigenvalue weighted by Crippen LogP contribution is -2.47. The van der Waals surface area contributed by atoms with Gasteiger partial charge in [0.05, 0.1) is 5.60 Å². The molecule has 0 unspecified atom stereocenters. The lowest BCUT2D eigenvalue weighted by Gasteiger charge is -2.48. The Morgan fingerprint density at radius 2 is 2.12 bits per heavy atom. The van der Waals surface area contributed by atoms with Gasteiger partial charge in [-0.15, -0.1) is 11.8 Å². The van der Waals surface area contributed by atoms with Gasteiger partial charge in [-0.05, 0) is 73.7 Å². The summed E-state index contributed by atoms with van der Waals surface area (Å²) in [7, 11) is 0. The average molecular weight is 322 g/mol. The van der Waals surface area contributed by atoms with Gasteiger partial charge in [0.25, 0.3) is 0 Å². The average Bonchev–Trinajstić information content (AvgIpc) is 2.84. The van der Waals surface area contributed by atoms with Gasteiger partial charge in [0, 0.05) is 18.3 Å². The minimum atomic E-state index is -0.702. The number of hydrogen-bond donors (Lipinski definition) is 1. The Balaban J connectivity index is 1.76. The summed E-state index contributed by atoms with van der Waals surface area (Å²) in [6.45, 7) is 4.08. The zero-order chi connectivity index (χ0) is 16.9. The molecule has 0 saturated heterocycles. The largest absolute Gasteiger partial charge is 0.388 e. The molecule has 1 fully saturated rings. The maximum absolute atomic E-state index is 11.7. The smallest absolute Gasteiger partial charge is 0.156 e. The first kappa shape index (κ1) is 15.9. The van der Waals surface area contributed by atoms with E-state index in [1.807, 2.05) is 13.0 Å². The number of fused-ring (bicyclic) bond motifs is 4. The molecule has 126 valence electrons. The van der Waals surface area contributed by atoms with Crippen LogP contribution in [0.4, 0.5) is 0 Å². The molecule has 0 radical (unpaired) electrons. The molecule has 0 aliphatic heterocycles. The summed E-state index contributed by atoms with van der Waals surface area (Å²) in [6, 6.07) is 0. The van der Waals surface area contributed by atoms with E-state index in [-0.39, 0.29) is 11.2 Å². The fourth-order valence-corrected chi connectivity index (χ4v) is 5.63. The van der Waals surface area contributed by atoms with Crippen LogP contribution in [0.5, 0.6) is 0 Å². The predicted octanol–water partition coefficient (Wildman–Crippen LogP) is 4.11. The number of carbonyl (C=O) groups is 1. The Morgan fingerprint density at radius 1 is 1.29 bits per heavy atom. The van der Waals surface area contributed by atoms with E-state index >= 15 is 0 Å². The summed E-state index contributed by atoms with van der Waals surface area (Å²) in [5, 5.41) is 11.3. The van der Waals surface area contributed by atoms with Crippen molar-refractivity contribution in [2.24, 2.45) is 17.3 Å². The standard InChI is InChI=1S/C22H26O2/c1-3-4-11-22(24)13-10-20-19-7-5-15-14-16(23)6-8-17(15)18(19)9-12-21(20,22)2/h9,12,14,19-20,24H,5-8,10-11,13H2,1-2H3/t19-,20+,21+,22+/m1/s1. The van der Waals surface area contributed by atoms with Crippen LogP contribution < -0.4 is 0 Å². The summed E-state index contributed by atoms with van der Waals surface area (Å²) < 4.78 is 0. The Kier molecular flexibility index (Phi) is 3.62. The molecule has 0 bridgehead atoms. The molecule has 0 amide bonds. The maximum Gasteiger partial charge on any atom is 0.156 e. The molecule has 4 rings (SSSR count). The second-order valence-electron chi connectivity index (χ2n) is 8.11. The van der Waals surface area contributed by atoms with E-state index in [9.17, 15) is 9.90 Å². The monoisotopic (exact) mass is 322 g/mol. The third-order valence-corrected chi connectivity index (χ3v) is 7.11. The molecule has 4 aliphatic rings. The molecule has 0 aromatic heterocycles. The van der Waals surface area contributed by atoms with E-state index < -0.39 is 5.60 Å². The van der Waals surface area contributed by atoms with Crippen molar-refractivity contribution in [3.63, 3.8) is 0 Å². The van der Waals surface area contributed by atoms with Gasteiger partial charge in [0.2, 0.25) is 0 Å². The van der Waals surface area contributed by atoms with E-state index in [0.717, 1.165) is 32.1 Å². The fourth-order valence-electron chi connectivity index (χ4n) is 5.63. The van der Waals surface area contributed by atoms with Crippen LogP contribution in [0.15, 0.2) is 34.9 Å². The van der Waals surface area contributed by atoms with Gasteiger partial charge in [-0.3, -0.25) is 4.79 Å². The third-order valence-electron chi connectivity index (χ3n) is 7.11. The first-order valence-corrected chi connectivity index (χ1v) is 9.26. The number of carbonyl (C=O) groups excluding carboxylic acids is 1. The lowest BCUT2D eigenvalue weighted by molar-refractivity contribution is -0.114. The molecular formula is C22H26O2. The molecular weight excluding hydrogens is 296 g/mol. The highest BCUT2D eigenvalue weighted by Gasteiger charge is 2.58. The molecule has 2 nitrogen and oxygen atoms in total. The first-order chi connectivity index (χ1) is 11.5. The van der Waals surface area contributed by atoms with E-state index in [0.29, 0.717) is 24.7 Å². The second-order valence-corrected chi connectivity index (χ2v) is 8.11. The molecule has 24 heavy (non-hydrogen) atoms. The third kappa shape index (κ3) is 2.11. The fraction of sp³-hybridized carbons (Fsp3) is 0.591. The molecule has 4 aliphatic carbocycles. The van der Waals surface area contributed by atoms with Crippen LogP contribution in [-0.4, -0.2) is 16.5 Å². The predicted molar refractivity (Wildman–Crippen MR) is 95.1 cm³/mol. The van der Waals surface area contributed by atoms with Crippen molar-refractivity contribution in [1.82, 2.24) is 0 Å².